The number of hydrogen-bond donors (Lipinski definition) is 4. The second-order valence-electron chi connectivity index (χ2n) is 4.03. The molecular weight excluding hydrogens is 272 g/mol. The molecule has 0 aromatic heterocycles. The largest absolute Gasteiger partial charge is 0.499 e. The van der Waals surface area contributed by atoms with E-state index >= 15 is 0 Å². The number of carbonyl (C=O) groups excluding carboxylic acids is 1. The van der Waals surface area contributed by atoms with E-state index in [1.165, 1.54) is 6.08 Å². The Morgan fingerprint density at radius 3 is 2.65 bits per heavy atom. The van der Waals surface area contributed by atoms with Gasteiger partial charge in [-0.3, -0.25) is 0 Å². The highest BCUT2D eigenvalue weighted by molar-refractivity contribution is 5.89. The van der Waals surface area contributed by atoms with Crippen LogP contribution in [0.3, 0.4) is 0 Å². The fourth-order valence-corrected chi connectivity index (χ4v) is 1.50. The highest BCUT2D eigenvalue weighted by Gasteiger charge is 2.40. The molecule has 1 aliphatic heterocycles. The van der Waals surface area contributed by atoms with Crippen molar-refractivity contribution in [2.45, 2.75) is 18.3 Å². The number of esters is 1. The summed E-state index contributed by atoms with van der Waals surface area (Å²) < 4.78 is 15.0. The minimum atomic E-state index is -1.42. The Hall–Kier alpha value is -1.61. The molecule has 3 atom stereocenters. The molecule has 0 bridgehead atoms. The predicted octanol–water partition coefficient (Wildman–Crippen LogP) is -1.39. The standard InChI is InChI=1S/C12H18O8/c1-2-3-18-7(4-13)6-19-11-9(16)12(17)20-10(11)8(15)5-14/h2,7-8,10,13-16H,1,3-6H2/t7?,8-,10+/m0/s1. The number of aliphatic hydroxyl groups is 4. The minimum absolute atomic E-state index is 0.172. The first-order valence-electron chi connectivity index (χ1n) is 5.94. The van der Waals surface area contributed by atoms with Crippen molar-refractivity contribution in [1.29, 1.82) is 0 Å². The number of hydrogen-bond acceptors (Lipinski definition) is 8. The zero-order valence-electron chi connectivity index (χ0n) is 10.8. The van der Waals surface area contributed by atoms with Crippen molar-refractivity contribution in [2.24, 2.45) is 0 Å². The second kappa shape index (κ2) is 7.85. The Bertz CT molecular complexity index is 378. The van der Waals surface area contributed by atoms with Crippen molar-refractivity contribution in [3.05, 3.63) is 24.2 Å². The summed E-state index contributed by atoms with van der Waals surface area (Å²) >= 11 is 0. The van der Waals surface area contributed by atoms with Gasteiger partial charge in [0.15, 0.2) is 11.9 Å². The third-order valence-corrected chi connectivity index (χ3v) is 2.53. The van der Waals surface area contributed by atoms with Gasteiger partial charge in [-0.2, -0.15) is 0 Å². The zero-order chi connectivity index (χ0) is 15.1. The lowest BCUT2D eigenvalue weighted by atomic mass is 10.2. The summed E-state index contributed by atoms with van der Waals surface area (Å²) in [5.41, 5.74) is 0. The lowest BCUT2D eigenvalue weighted by molar-refractivity contribution is -0.148. The van der Waals surface area contributed by atoms with Crippen LogP contribution in [0.15, 0.2) is 24.2 Å². The van der Waals surface area contributed by atoms with Crippen LogP contribution >= 0.6 is 0 Å². The van der Waals surface area contributed by atoms with Crippen LogP contribution in [0.2, 0.25) is 0 Å². The van der Waals surface area contributed by atoms with Crippen LogP contribution in [0.1, 0.15) is 0 Å². The van der Waals surface area contributed by atoms with E-state index in [1.54, 1.807) is 0 Å². The van der Waals surface area contributed by atoms with Gasteiger partial charge in [0.05, 0.1) is 19.8 Å². The number of aliphatic hydroxyl groups excluding tert-OH is 4. The van der Waals surface area contributed by atoms with Crippen LogP contribution in [0, 0.1) is 0 Å². The summed E-state index contributed by atoms with van der Waals surface area (Å²) in [7, 11) is 0. The predicted molar refractivity (Wildman–Crippen MR) is 65.6 cm³/mol. The normalized spacial score (nSPS) is 21.6. The van der Waals surface area contributed by atoms with E-state index in [9.17, 15) is 15.0 Å². The summed E-state index contributed by atoms with van der Waals surface area (Å²) in [6, 6.07) is 0. The fraction of sp³-hybridized carbons (Fsp3) is 0.583. The van der Waals surface area contributed by atoms with Gasteiger partial charge in [-0.15, -0.1) is 6.58 Å². The average molecular weight is 290 g/mol. The number of ether oxygens (including phenoxy) is 3. The third-order valence-electron chi connectivity index (χ3n) is 2.53. The molecule has 114 valence electrons. The molecule has 0 amide bonds. The molecule has 1 aliphatic rings. The smallest absolute Gasteiger partial charge is 0.378 e. The molecule has 0 aliphatic carbocycles. The van der Waals surface area contributed by atoms with Crippen LogP contribution in [-0.2, 0) is 19.0 Å². The molecule has 0 fully saturated rings. The molecule has 0 saturated carbocycles. The summed E-state index contributed by atoms with van der Waals surface area (Å²) in [5.74, 6) is -2.12. The summed E-state index contributed by atoms with van der Waals surface area (Å²) in [4.78, 5) is 11.2. The molecule has 0 aromatic carbocycles. The molecule has 8 nitrogen and oxygen atoms in total. The first kappa shape index (κ1) is 16.4. The maximum absolute atomic E-state index is 11.2. The molecule has 0 spiro atoms. The maximum atomic E-state index is 11.2. The maximum Gasteiger partial charge on any atom is 0.378 e. The monoisotopic (exact) mass is 290 g/mol. The summed E-state index contributed by atoms with van der Waals surface area (Å²) in [6.07, 6.45) is -1.91. The third kappa shape index (κ3) is 3.94. The Labute approximate surface area is 115 Å². The topological polar surface area (TPSA) is 126 Å². The molecule has 0 aromatic rings. The van der Waals surface area contributed by atoms with Gasteiger partial charge >= 0.3 is 5.97 Å². The van der Waals surface area contributed by atoms with E-state index < -0.39 is 36.6 Å². The van der Waals surface area contributed by atoms with Crippen molar-refractivity contribution >= 4 is 5.97 Å². The van der Waals surface area contributed by atoms with Gasteiger partial charge in [-0.05, 0) is 0 Å². The molecule has 0 saturated heterocycles. The van der Waals surface area contributed by atoms with Gasteiger partial charge < -0.3 is 34.6 Å². The van der Waals surface area contributed by atoms with Crippen LogP contribution in [0.25, 0.3) is 0 Å². The van der Waals surface area contributed by atoms with Crippen LogP contribution in [0.4, 0.5) is 0 Å². The Kier molecular flexibility index (Phi) is 6.46. The average Bonchev–Trinajstić information content (AvgIpc) is 2.74. The summed E-state index contributed by atoms with van der Waals surface area (Å²) in [5, 5.41) is 36.9. The molecule has 1 rings (SSSR count). The van der Waals surface area contributed by atoms with Gasteiger partial charge in [0.2, 0.25) is 5.76 Å². The molecule has 8 heteroatoms. The fourth-order valence-electron chi connectivity index (χ4n) is 1.50. The molecule has 4 N–H and O–H groups in total. The molecule has 1 heterocycles. The van der Waals surface area contributed by atoms with Gasteiger partial charge in [0.1, 0.15) is 18.8 Å². The minimum Gasteiger partial charge on any atom is -0.499 e. The van der Waals surface area contributed by atoms with Gasteiger partial charge in [0.25, 0.3) is 0 Å². The van der Waals surface area contributed by atoms with Crippen LogP contribution in [-0.4, -0.2) is 71.1 Å². The van der Waals surface area contributed by atoms with Gasteiger partial charge in [-0.25, -0.2) is 4.79 Å². The van der Waals surface area contributed by atoms with Gasteiger partial charge in [0, 0.05) is 0 Å². The van der Waals surface area contributed by atoms with E-state index in [4.69, 9.17) is 19.7 Å². The number of carbonyl (C=O) groups is 1. The van der Waals surface area contributed by atoms with Crippen molar-refractivity contribution < 1.29 is 39.4 Å². The van der Waals surface area contributed by atoms with Crippen LogP contribution < -0.4 is 0 Å². The van der Waals surface area contributed by atoms with E-state index in [0.717, 1.165) is 0 Å². The Morgan fingerprint density at radius 2 is 2.10 bits per heavy atom. The van der Waals surface area contributed by atoms with E-state index in [-0.39, 0.29) is 25.6 Å². The Morgan fingerprint density at radius 1 is 1.40 bits per heavy atom. The van der Waals surface area contributed by atoms with E-state index in [1.807, 2.05) is 0 Å². The summed E-state index contributed by atoms with van der Waals surface area (Å²) in [6.45, 7) is 2.46. The molecular formula is C12H18O8. The first-order valence-corrected chi connectivity index (χ1v) is 5.94. The van der Waals surface area contributed by atoms with Crippen molar-refractivity contribution in [1.82, 2.24) is 0 Å². The van der Waals surface area contributed by atoms with E-state index in [0.29, 0.717) is 0 Å². The molecule has 20 heavy (non-hydrogen) atoms. The van der Waals surface area contributed by atoms with Crippen molar-refractivity contribution in [2.75, 3.05) is 26.4 Å². The molecule has 0 radical (unpaired) electrons. The highest BCUT2D eigenvalue weighted by atomic mass is 16.6. The second-order valence-corrected chi connectivity index (χ2v) is 4.03. The van der Waals surface area contributed by atoms with Crippen molar-refractivity contribution in [3.63, 3.8) is 0 Å². The van der Waals surface area contributed by atoms with Crippen LogP contribution in [0.5, 0.6) is 0 Å². The Balaban J connectivity index is 2.66. The number of rotatable bonds is 9. The highest BCUT2D eigenvalue weighted by Crippen LogP contribution is 2.25. The van der Waals surface area contributed by atoms with E-state index in [2.05, 4.69) is 11.3 Å². The molecule has 1 unspecified atom stereocenters. The first-order chi connectivity index (χ1) is 9.54. The quantitative estimate of drug-likeness (QED) is 0.302. The number of cyclic esters (lactones) is 1. The van der Waals surface area contributed by atoms with Gasteiger partial charge in [-0.1, -0.05) is 6.08 Å². The zero-order valence-corrected chi connectivity index (χ0v) is 10.8. The SMILES string of the molecule is C=CCOC(CO)COC1=C(O)C(=O)O[C@@H]1[C@@H](O)CO. The lowest BCUT2D eigenvalue weighted by Gasteiger charge is -2.20. The lowest BCUT2D eigenvalue weighted by Crippen LogP contribution is -2.34. The van der Waals surface area contributed by atoms with Crippen molar-refractivity contribution in [3.8, 4) is 0 Å².